The van der Waals surface area contributed by atoms with Crippen LogP contribution in [-0.2, 0) is 0 Å². The highest BCUT2D eigenvalue weighted by atomic mass is 32.1. The number of aldehydes is 1. The minimum absolute atomic E-state index is 0.573. The van der Waals surface area contributed by atoms with Crippen LogP contribution < -0.4 is 11.5 Å². The molecule has 0 spiro atoms. The molecule has 4 nitrogen and oxygen atoms in total. The van der Waals surface area contributed by atoms with Crippen molar-refractivity contribution in [1.82, 2.24) is 4.98 Å². The molecule has 1 aromatic heterocycles. The molecule has 0 saturated heterocycles. The standard InChI is InChI=1S/C17H14N2OS.C3H7N/c1-11-2-3-12(9-20)8-15(11)13-4-6-14(7-5-13)16-10-21-17(18)19-16;4-3-1-2-3/h2-10H,1H3,(H2,18,19);3H,1-2,4H2. The second-order valence-corrected chi connectivity index (χ2v) is 7.07. The summed E-state index contributed by atoms with van der Waals surface area (Å²) in [4.78, 5) is 15.2. The van der Waals surface area contributed by atoms with Crippen LogP contribution >= 0.6 is 11.3 Å². The molecule has 0 bridgehead atoms. The normalized spacial score (nSPS) is 13.0. The topological polar surface area (TPSA) is 82.0 Å². The van der Waals surface area contributed by atoms with Crippen LogP contribution in [0.2, 0.25) is 0 Å². The van der Waals surface area contributed by atoms with E-state index in [2.05, 4.69) is 4.98 Å². The van der Waals surface area contributed by atoms with Gasteiger partial charge < -0.3 is 11.5 Å². The minimum Gasteiger partial charge on any atom is -0.375 e. The number of anilines is 1. The third-order valence-corrected chi connectivity index (χ3v) is 4.71. The first-order chi connectivity index (χ1) is 12.1. The van der Waals surface area contributed by atoms with Crippen molar-refractivity contribution in [3.05, 3.63) is 59.0 Å². The van der Waals surface area contributed by atoms with Gasteiger partial charge >= 0.3 is 0 Å². The van der Waals surface area contributed by atoms with Gasteiger partial charge in [-0.25, -0.2) is 4.98 Å². The number of nitrogens with zero attached hydrogens (tertiary/aromatic N) is 1. The molecule has 0 unspecified atom stereocenters. The highest BCUT2D eigenvalue weighted by Crippen LogP contribution is 2.28. The van der Waals surface area contributed by atoms with Crippen LogP contribution in [-0.4, -0.2) is 17.3 Å². The molecule has 1 aliphatic rings. The first-order valence-corrected chi connectivity index (χ1v) is 9.08. The number of aryl methyl sites for hydroxylation is 1. The van der Waals surface area contributed by atoms with Crippen molar-refractivity contribution in [2.45, 2.75) is 25.8 Å². The number of nitrogen functional groups attached to an aromatic ring is 1. The zero-order chi connectivity index (χ0) is 17.8. The first-order valence-electron chi connectivity index (χ1n) is 8.20. The average Bonchev–Trinajstić information content (AvgIpc) is 3.29. The molecule has 3 aromatic rings. The Labute approximate surface area is 151 Å². The van der Waals surface area contributed by atoms with Crippen LogP contribution in [0.15, 0.2) is 47.8 Å². The number of carbonyl (C=O) groups is 1. The lowest BCUT2D eigenvalue weighted by atomic mass is 9.97. The summed E-state index contributed by atoms with van der Waals surface area (Å²) in [6.07, 6.45) is 3.40. The van der Waals surface area contributed by atoms with E-state index >= 15 is 0 Å². The minimum atomic E-state index is 0.573. The summed E-state index contributed by atoms with van der Waals surface area (Å²) in [6, 6.07) is 14.4. The molecule has 4 rings (SSSR count). The van der Waals surface area contributed by atoms with E-state index in [0.29, 0.717) is 16.7 Å². The molecular weight excluding hydrogens is 330 g/mol. The van der Waals surface area contributed by atoms with Gasteiger partial charge in [-0.2, -0.15) is 0 Å². The molecular formula is C20H21N3OS. The number of aromatic nitrogens is 1. The average molecular weight is 351 g/mol. The van der Waals surface area contributed by atoms with Gasteiger partial charge in [-0.3, -0.25) is 4.79 Å². The zero-order valence-electron chi connectivity index (χ0n) is 14.1. The van der Waals surface area contributed by atoms with Crippen molar-refractivity contribution in [1.29, 1.82) is 0 Å². The van der Waals surface area contributed by atoms with E-state index < -0.39 is 0 Å². The maximum absolute atomic E-state index is 10.9. The summed E-state index contributed by atoms with van der Waals surface area (Å²) in [5.74, 6) is 0. The summed E-state index contributed by atoms with van der Waals surface area (Å²) in [5.41, 5.74) is 16.8. The fourth-order valence-electron chi connectivity index (χ4n) is 2.36. The molecule has 1 fully saturated rings. The smallest absolute Gasteiger partial charge is 0.180 e. The number of nitrogens with two attached hydrogens (primary N) is 2. The first kappa shape index (κ1) is 17.3. The Balaban J connectivity index is 0.000000401. The SMILES string of the molecule is Cc1ccc(C=O)cc1-c1ccc(-c2csc(N)n2)cc1.NC1CC1. The molecule has 0 radical (unpaired) electrons. The fourth-order valence-corrected chi connectivity index (χ4v) is 2.93. The molecule has 128 valence electrons. The van der Waals surface area contributed by atoms with E-state index in [9.17, 15) is 4.79 Å². The van der Waals surface area contributed by atoms with E-state index in [1.54, 1.807) is 0 Å². The van der Waals surface area contributed by atoms with Crippen molar-refractivity contribution < 1.29 is 4.79 Å². The van der Waals surface area contributed by atoms with Gasteiger partial charge in [0.2, 0.25) is 0 Å². The van der Waals surface area contributed by atoms with Gasteiger partial charge in [-0.1, -0.05) is 36.4 Å². The van der Waals surface area contributed by atoms with Gasteiger partial charge in [-0.15, -0.1) is 11.3 Å². The molecule has 0 aliphatic heterocycles. The summed E-state index contributed by atoms with van der Waals surface area (Å²) in [6.45, 7) is 2.04. The van der Waals surface area contributed by atoms with Crippen LogP contribution in [0, 0.1) is 6.92 Å². The van der Waals surface area contributed by atoms with E-state index in [-0.39, 0.29) is 0 Å². The monoisotopic (exact) mass is 351 g/mol. The highest BCUT2D eigenvalue weighted by molar-refractivity contribution is 7.13. The summed E-state index contributed by atoms with van der Waals surface area (Å²) >= 11 is 1.44. The Morgan fingerprint density at radius 3 is 2.28 bits per heavy atom. The summed E-state index contributed by atoms with van der Waals surface area (Å²) in [7, 11) is 0. The third kappa shape index (κ3) is 4.53. The van der Waals surface area contributed by atoms with Crippen LogP contribution in [0.4, 0.5) is 5.13 Å². The van der Waals surface area contributed by atoms with E-state index in [1.165, 1.54) is 24.2 Å². The zero-order valence-corrected chi connectivity index (χ0v) is 14.9. The number of hydrogen-bond donors (Lipinski definition) is 2. The number of benzene rings is 2. The lowest BCUT2D eigenvalue weighted by molar-refractivity contribution is 0.112. The number of carbonyl (C=O) groups excluding carboxylic acids is 1. The third-order valence-electron chi connectivity index (χ3n) is 4.03. The van der Waals surface area contributed by atoms with E-state index in [0.717, 1.165) is 34.2 Å². The van der Waals surface area contributed by atoms with E-state index in [1.807, 2.05) is 54.8 Å². The maximum atomic E-state index is 10.9. The van der Waals surface area contributed by atoms with Gasteiger partial charge in [0.05, 0.1) is 5.69 Å². The van der Waals surface area contributed by atoms with Gasteiger partial charge in [-0.05, 0) is 42.5 Å². The van der Waals surface area contributed by atoms with Crippen LogP contribution in [0.3, 0.4) is 0 Å². The molecule has 2 aromatic carbocycles. The molecule has 4 N–H and O–H groups in total. The second kappa shape index (κ2) is 7.59. The number of rotatable bonds is 3. The largest absolute Gasteiger partial charge is 0.375 e. The van der Waals surface area contributed by atoms with Crippen LogP contribution in [0.1, 0.15) is 28.8 Å². The Morgan fingerprint density at radius 2 is 1.76 bits per heavy atom. The van der Waals surface area contributed by atoms with Gasteiger partial charge in [0, 0.05) is 22.5 Å². The molecule has 0 atom stereocenters. The van der Waals surface area contributed by atoms with Crippen molar-refractivity contribution in [2.75, 3.05) is 5.73 Å². The Bertz CT molecular complexity index is 867. The Hall–Kier alpha value is -2.50. The predicted octanol–water partition coefficient (Wildman–Crippen LogP) is 4.29. The predicted molar refractivity (Wildman–Crippen MR) is 105 cm³/mol. The fraction of sp³-hybridized carbons (Fsp3) is 0.200. The van der Waals surface area contributed by atoms with Gasteiger partial charge in [0.15, 0.2) is 5.13 Å². The van der Waals surface area contributed by atoms with Gasteiger partial charge in [0.1, 0.15) is 6.29 Å². The molecule has 0 amide bonds. The van der Waals surface area contributed by atoms with Gasteiger partial charge in [0.25, 0.3) is 0 Å². The molecule has 1 aliphatic carbocycles. The van der Waals surface area contributed by atoms with Crippen LogP contribution in [0.5, 0.6) is 0 Å². The number of hydrogen-bond acceptors (Lipinski definition) is 5. The van der Waals surface area contributed by atoms with Crippen LogP contribution in [0.25, 0.3) is 22.4 Å². The molecule has 25 heavy (non-hydrogen) atoms. The van der Waals surface area contributed by atoms with Crippen molar-refractivity contribution in [3.8, 4) is 22.4 Å². The Kier molecular flexibility index (Phi) is 5.26. The van der Waals surface area contributed by atoms with Crippen molar-refractivity contribution in [2.24, 2.45) is 5.73 Å². The lowest BCUT2D eigenvalue weighted by Crippen LogP contribution is -1.94. The molecule has 1 saturated carbocycles. The molecule has 1 heterocycles. The van der Waals surface area contributed by atoms with Crippen molar-refractivity contribution >= 4 is 22.8 Å². The van der Waals surface area contributed by atoms with E-state index in [4.69, 9.17) is 11.5 Å². The summed E-state index contributed by atoms with van der Waals surface area (Å²) < 4.78 is 0. The second-order valence-electron chi connectivity index (χ2n) is 6.18. The lowest BCUT2D eigenvalue weighted by Gasteiger charge is -2.07. The maximum Gasteiger partial charge on any atom is 0.180 e. The number of thiazole rings is 1. The Morgan fingerprint density at radius 1 is 1.12 bits per heavy atom. The van der Waals surface area contributed by atoms with Crippen molar-refractivity contribution in [3.63, 3.8) is 0 Å². The summed E-state index contributed by atoms with van der Waals surface area (Å²) in [5, 5.41) is 2.52. The quantitative estimate of drug-likeness (QED) is 0.690. The highest BCUT2D eigenvalue weighted by Gasteiger charge is 2.13. The molecule has 5 heteroatoms.